The van der Waals surface area contributed by atoms with E-state index in [1.165, 1.54) is 12.1 Å². The molecule has 0 fully saturated rings. The second-order valence-electron chi connectivity index (χ2n) is 6.07. The number of fused-ring (bicyclic) bond motifs is 1. The van der Waals surface area contributed by atoms with Gasteiger partial charge in [0.05, 0.1) is 16.3 Å². The van der Waals surface area contributed by atoms with Crippen LogP contribution in [0.25, 0.3) is 10.8 Å². The van der Waals surface area contributed by atoms with E-state index in [0.717, 1.165) is 24.3 Å². The quantitative estimate of drug-likeness (QED) is 0.0935. The van der Waals surface area contributed by atoms with Crippen LogP contribution in [0.1, 0.15) is 1.43 Å². The number of anilines is 1. The van der Waals surface area contributed by atoms with Gasteiger partial charge in [-0.3, -0.25) is 19.2 Å². The van der Waals surface area contributed by atoms with E-state index in [-0.39, 0.29) is 47.7 Å². The molecule has 0 bridgehead atoms. The van der Waals surface area contributed by atoms with Crippen LogP contribution in [0.15, 0.2) is 62.5 Å². The first-order chi connectivity index (χ1) is 14.3. The smallest absolute Gasteiger partial charge is 1.00 e. The monoisotopic (exact) mass is 492 g/mol. The predicted molar refractivity (Wildman–Crippen MR) is 108 cm³/mol. The number of nitrogens with two attached hydrogens (primary N) is 1. The Morgan fingerprint density at radius 3 is 2.03 bits per heavy atom. The topological polar surface area (TPSA) is 223 Å². The maximum atomic E-state index is 11.9. The summed E-state index contributed by atoms with van der Waals surface area (Å²) in [5, 5.41) is 27.8. The van der Waals surface area contributed by atoms with Gasteiger partial charge in [-0.2, -0.15) is 21.9 Å². The minimum absolute atomic E-state index is 0. The van der Waals surface area contributed by atoms with E-state index < -0.39 is 57.5 Å². The van der Waals surface area contributed by atoms with E-state index >= 15 is 0 Å². The summed E-state index contributed by atoms with van der Waals surface area (Å²) in [6.07, 6.45) is 0. The molecule has 0 saturated heterocycles. The van der Waals surface area contributed by atoms with Gasteiger partial charge in [0.25, 0.3) is 25.9 Å². The van der Waals surface area contributed by atoms with Gasteiger partial charge >= 0.3 is 29.6 Å². The SMILES string of the molecule is Nc1ccc2c(O)c(N=Nc3ccc([N+](=O)[O-])cc3)c(S(=O)(=O)O)cc2c1S(=O)(=O)O.[H-].[Na+]. The molecule has 0 atom stereocenters. The van der Waals surface area contributed by atoms with E-state index in [1.54, 1.807) is 0 Å². The fourth-order valence-electron chi connectivity index (χ4n) is 2.74. The van der Waals surface area contributed by atoms with Gasteiger partial charge in [-0.05, 0) is 30.3 Å². The van der Waals surface area contributed by atoms with Crippen LogP contribution >= 0.6 is 0 Å². The average Bonchev–Trinajstić information content (AvgIpc) is 2.65. The van der Waals surface area contributed by atoms with Crippen molar-refractivity contribution in [2.24, 2.45) is 10.2 Å². The summed E-state index contributed by atoms with van der Waals surface area (Å²) in [5.41, 5.74) is 4.20. The molecule has 0 aliphatic rings. The molecule has 0 aliphatic heterocycles. The molecule has 0 heterocycles. The number of nitro benzene ring substituents is 1. The van der Waals surface area contributed by atoms with Gasteiger partial charge in [-0.1, -0.05) is 0 Å². The van der Waals surface area contributed by atoms with E-state index in [2.05, 4.69) is 10.2 Å². The molecule has 0 saturated carbocycles. The third kappa shape index (κ3) is 5.04. The minimum atomic E-state index is -5.07. The number of phenolic OH excluding ortho intramolecular Hbond substituents is 1. The van der Waals surface area contributed by atoms with E-state index in [4.69, 9.17) is 5.73 Å². The summed E-state index contributed by atoms with van der Waals surface area (Å²) in [6, 6.07) is 7.48. The Morgan fingerprint density at radius 2 is 1.53 bits per heavy atom. The number of benzene rings is 3. The fraction of sp³-hybridized carbons (Fsp3) is 0. The predicted octanol–water partition coefficient (Wildman–Crippen LogP) is 0.0611. The van der Waals surface area contributed by atoms with Crippen molar-refractivity contribution in [3.05, 3.63) is 52.6 Å². The van der Waals surface area contributed by atoms with E-state index in [9.17, 15) is 41.2 Å². The maximum Gasteiger partial charge on any atom is 1.00 e. The van der Waals surface area contributed by atoms with Crippen LogP contribution < -0.4 is 35.3 Å². The second-order valence-corrected chi connectivity index (χ2v) is 8.82. The first-order valence-corrected chi connectivity index (χ1v) is 10.9. The zero-order valence-electron chi connectivity index (χ0n) is 17.1. The van der Waals surface area contributed by atoms with E-state index in [1.807, 2.05) is 0 Å². The minimum Gasteiger partial charge on any atom is -1.00 e. The van der Waals surface area contributed by atoms with Crippen molar-refractivity contribution in [2.45, 2.75) is 9.79 Å². The first kappa shape index (κ1) is 25.6. The van der Waals surface area contributed by atoms with Gasteiger partial charge in [0, 0.05) is 22.9 Å². The summed E-state index contributed by atoms with van der Waals surface area (Å²) in [7, 11) is -10.0. The molecule has 3 aromatic rings. The Kier molecular flexibility index (Phi) is 7.25. The molecule has 13 nitrogen and oxygen atoms in total. The van der Waals surface area contributed by atoms with Gasteiger partial charge < -0.3 is 12.3 Å². The zero-order chi connectivity index (χ0) is 23.1. The number of hydrogen-bond donors (Lipinski definition) is 4. The van der Waals surface area contributed by atoms with Crippen molar-refractivity contribution in [2.75, 3.05) is 5.73 Å². The Morgan fingerprint density at radius 1 is 0.938 bits per heavy atom. The molecule has 0 aliphatic carbocycles. The molecule has 5 N–H and O–H groups in total. The van der Waals surface area contributed by atoms with Crippen LogP contribution in [0.4, 0.5) is 22.7 Å². The van der Waals surface area contributed by atoms with Crippen LogP contribution in [0.5, 0.6) is 5.75 Å². The van der Waals surface area contributed by atoms with Crippen LogP contribution in [0.2, 0.25) is 0 Å². The summed E-state index contributed by atoms with van der Waals surface area (Å²) in [6.45, 7) is 0. The summed E-state index contributed by atoms with van der Waals surface area (Å²) < 4.78 is 66.1. The Hall–Kier alpha value is -2.66. The van der Waals surface area contributed by atoms with Crippen LogP contribution in [-0.4, -0.2) is 36.0 Å². The van der Waals surface area contributed by atoms with Crippen LogP contribution in [-0.2, 0) is 20.2 Å². The average molecular weight is 492 g/mol. The zero-order valence-corrected chi connectivity index (χ0v) is 19.7. The summed E-state index contributed by atoms with van der Waals surface area (Å²) >= 11 is 0. The molecule has 0 spiro atoms. The van der Waals surface area contributed by atoms with Gasteiger partial charge in [0.1, 0.15) is 15.5 Å². The first-order valence-electron chi connectivity index (χ1n) is 8.00. The fourth-order valence-corrected chi connectivity index (χ4v) is 4.20. The molecular formula is C16H13N4NaO9S2. The van der Waals surface area contributed by atoms with Crippen molar-refractivity contribution in [3.63, 3.8) is 0 Å². The number of non-ortho nitro benzene ring substituents is 1. The third-order valence-electron chi connectivity index (χ3n) is 4.08. The number of aromatic hydroxyl groups is 1. The van der Waals surface area contributed by atoms with Crippen molar-refractivity contribution in [1.82, 2.24) is 0 Å². The molecule has 0 unspecified atom stereocenters. The molecule has 32 heavy (non-hydrogen) atoms. The largest absolute Gasteiger partial charge is 1.00 e. The molecule has 0 amide bonds. The standard InChI is InChI=1S/C16H12N4O9S2.Na.H/c17-12-6-5-10-11(16(12)31(27,28)29)7-13(30(24,25)26)14(15(10)21)19-18-8-1-3-9(4-2-8)20(22)23;;/h1-7,21H,17H2,(H,24,25,26)(H,27,28,29);;/q;+1;-1. The molecule has 0 radical (unpaired) electrons. The Bertz CT molecular complexity index is 1480. The van der Waals surface area contributed by atoms with Gasteiger partial charge in [-0.25, -0.2) is 0 Å². The molecule has 3 aromatic carbocycles. The normalized spacial score (nSPS) is 12.1. The number of phenols is 1. The number of nitro groups is 1. The van der Waals surface area contributed by atoms with Gasteiger partial charge in [0.2, 0.25) is 0 Å². The number of nitrogen functional groups attached to an aromatic ring is 1. The molecular weight excluding hydrogens is 479 g/mol. The van der Waals surface area contributed by atoms with Crippen molar-refractivity contribution >= 4 is 53.8 Å². The number of azo groups is 1. The van der Waals surface area contributed by atoms with Crippen LogP contribution in [0, 0.1) is 10.1 Å². The molecule has 3 rings (SSSR count). The molecule has 0 aromatic heterocycles. The third-order valence-corrected chi connectivity index (χ3v) is 5.92. The molecule has 16 heteroatoms. The van der Waals surface area contributed by atoms with Crippen molar-refractivity contribution in [3.8, 4) is 5.75 Å². The van der Waals surface area contributed by atoms with Gasteiger partial charge in [-0.15, -0.1) is 5.11 Å². The van der Waals surface area contributed by atoms with Crippen molar-refractivity contribution < 1.29 is 67.0 Å². The number of hydrogen-bond acceptors (Lipinski definition) is 10. The number of rotatable bonds is 5. The molecule has 164 valence electrons. The van der Waals surface area contributed by atoms with Crippen LogP contribution in [0.3, 0.4) is 0 Å². The van der Waals surface area contributed by atoms with E-state index in [0.29, 0.717) is 6.07 Å². The Balaban J connectivity index is 0.00000272. The van der Waals surface area contributed by atoms with Gasteiger partial charge in [0.15, 0.2) is 5.75 Å². The second kappa shape index (κ2) is 9.07. The van der Waals surface area contributed by atoms with Crippen molar-refractivity contribution in [1.29, 1.82) is 0 Å². The maximum absolute atomic E-state index is 11.9. The number of nitrogens with zero attached hydrogens (tertiary/aromatic N) is 3. The Labute approximate surface area is 204 Å². The summed E-state index contributed by atoms with van der Waals surface area (Å²) in [4.78, 5) is 8.16. The summed E-state index contributed by atoms with van der Waals surface area (Å²) in [5.74, 6) is -0.874.